The minimum Gasteiger partial charge on any atom is -0.353 e. The summed E-state index contributed by atoms with van der Waals surface area (Å²) >= 11 is 11.9. The number of piperidine rings is 1. The first-order chi connectivity index (χ1) is 19.8. The van der Waals surface area contributed by atoms with Crippen LogP contribution in [0.2, 0.25) is 10.0 Å². The van der Waals surface area contributed by atoms with Crippen LogP contribution in [0.25, 0.3) is 17.0 Å². The summed E-state index contributed by atoms with van der Waals surface area (Å²) < 4.78 is 28.6. The number of amides is 1. The summed E-state index contributed by atoms with van der Waals surface area (Å²) in [4.78, 5) is 19.1. The second-order valence-electron chi connectivity index (χ2n) is 10.5. The number of nitrogens with one attached hydrogen (secondary N) is 2. The third-order valence-corrected chi connectivity index (χ3v) is 9.62. The van der Waals surface area contributed by atoms with Gasteiger partial charge in [-0.15, -0.1) is 0 Å². The lowest BCUT2D eigenvalue weighted by atomic mass is 9.93. The molecule has 7 nitrogen and oxygen atoms in total. The molecule has 1 amide bonds. The van der Waals surface area contributed by atoms with E-state index < -0.39 is 10.0 Å². The molecule has 1 atom stereocenters. The number of likely N-dealkylation sites (tertiary alicyclic amines) is 1. The van der Waals surface area contributed by atoms with Crippen LogP contribution in [0.3, 0.4) is 0 Å². The van der Waals surface area contributed by atoms with Crippen molar-refractivity contribution in [1.29, 1.82) is 0 Å². The Morgan fingerprint density at radius 1 is 1.02 bits per heavy atom. The Labute approximate surface area is 253 Å². The predicted molar refractivity (Wildman–Crippen MR) is 168 cm³/mol. The number of rotatable bonds is 14. The lowest BCUT2D eigenvalue weighted by Gasteiger charge is -2.32. The number of aromatic nitrogens is 1. The van der Waals surface area contributed by atoms with Crippen LogP contribution in [-0.2, 0) is 14.8 Å². The van der Waals surface area contributed by atoms with Gasteiger partial charge < -0.3 is 10.2 Å². The third-order valence-electron chi connectivity index (χ3n) is 7.39. The van der Waals surface area contributed by atoms with Gasteiger partial charge in [-0.3, -0.25) is 9.78 Å². The largest absolute Gasteiger partial charge is 0.353 e. The third kappa shape index (κ3) is 9.79. The minimum absolute atomic E-state index is 0.119. The topological polar surface area (TPSA) is 91.4 Å². The van der Waals surface area contributed by atoms with E-state index in [1.807, 2.05) is 18.2 Å². The van der Waals surface area contributed by atoms with E-state index in [9.17, 15) is 13.2 Å². The Morgan fingerprint density at radius 3 is 2.73 bits per heavy atom. The van der Waals surface area contributed by atoms with Gasteiger partial charge in [-0.2, -0.15) is 0 Å². The van der Waals surface area contributed by atoms with Crippen LogP contribution in [0.5, 0.6) is 0 Å². The molecule has 3 aromatic rings. The number of halogens is 2. The summed E-state index contributed by atoms with van der Waals surface area (Å²) in [6.45, 7) is 4.32. The first kappa shape index (κ1) is 31.4. The molecule has 0 saturated carbocycles. The molecule has 1 aliphatic rings. The van der Waals surface area contributed by atoms with Gasteiger partial charge in [-0.05, 0) is 93.4 Å². The Hall–Kier alpha value is -2.49. The molecular weight excluding hydrogens is 579 g/mol. The van der Waals surface area contributed by atoms with Crippen molar-refractivity contribution in [3.63, 3.8) is 0 Å². The van der Waals surface area contributed by atoms with E-state index in [2.05, 4.69) is 19.9 Å². The molecule has 0 bridgehead atoms. The standard InChI is InChI=1S/C31H38Cl2N4O3S/c32-27-15-13-24(22-28(27)33)14-16-30(38)34-17-2-1-3-20-37-21-7-9-25(23-37)8-5-19-36-41(39,40)29-12-4-10-26-11-6-18-35-31(26)29/h4,6,10-16,18,22,25,36H,1-3,5,7-9,17,19-21,23H2,(H,34,38)/b16-14+. The quantitative estimate of drug-likeness (QED) is 0.163. The minimum atomic E-state index is -3.61. The Morgan fingerprint density at radius 2 is 1.88 bits per heavy atom. The number of sulfonamides is 1. The summed E-state index contributed by atoms with van der Waals surface area (Å²) in [5.41, 5.74) is 1.33. The Bertz CT molecular complexity index is 1440. The van der Waals surface area contributed by atoms with Gasteiger partial charge in [0.15, 0.2) is 0 Å². The molecule has 1 saturated heterocycles. The summed E-state index contributed by atoms with van der Waals surface area (Å²) in [5, 5.41) is 4.70. The molecule has 1 fully saturated rings. The maximum absolute atomic E-state index is 12.9. The summed E-state index contributed by atoms with van der Waals surface area (Å²) in [5.74, 6) is 0.472. The Balaban J connectivity index is 1.08. The monoisotopic (exact) mass is 616 g/mol. The SMILES string of the molecule is O=C(/C=C/c1ccc(Cl)c(Cl)c1)NCCCCCN1CCCC(CCCNS(=O)(=O)c2cccc3cccnc23)C1. The summed E-state index contributed by atoms with van der Waals surface area (Å²) in [7, 11) is -3.61. The molecule has 2 heterocycles. The van der Waals surface area contributed by atoms with E-state index in [0.29, 0.717) is 34.6 Å². The lowest BCUT2D eigenvalue weighted by Crippen LogP contribution is -2.36. The van der Waals surface area contributed by atoms with E-state index in [0.717, 1.165) is 62.7 Å². The molecule has 2 N–H and O–H groups in total. The second-order valence-corrected chi connectivity index (χ2v) is 13.1. The van der Waals surface area contributed by atoms with Gasteiger partial charge in [0.1, 0.15) is 4.90 Å². The number of pyridine rings is 1. The molecule has 0 aliphatic carbocycles. The molecule has 220 valence electrons. The molecule has 41 heavy (non-hydrogen) atoms. The average molecular weight is 618 g/mol. The van der Waals surface area contributed by atoms with Gasteiger partial charge in [-0.25, -0.2) is 13.1 Å². The molecular formula is C31H38Cl2N4O3S. The number of benzene rings is 2. The number of hydrogen-bond donors (Lipinski definition) is 2. The summed E-state index contributed by atoms with van der Waals surface area (Å²) in [6.07, 6.45) is 12.1. The smallest absolute Gasteiger partial charge is 0.243 e. The van der Waals surface area contributed by atoms with Crippen molar-refractivity contribution in [3.05, 3.63) is 76.4 Å². The number of nitrogens with zero attached hydrogens (tertiary/aromatic N) is 2. The van der Waals surface area contributed by atoms with E-state index >= 15 is 0 Å². The van der Waals surface area contributed by atoms with Gasteiger partial charge in [0.2, 0.25) is 15.9 Å². The van der Waals surface area contributed by atoms with Crippen LogP contribution >= 0.6 is 23.2 Å². The number of unbranched alkanes of at least 4 members (excludes halogenated alkanes) is 2. The molecule has 2 aromatic carbocycles. The van der Waals surface area contributed by atoms with Crippen molar-refractivity contribution in [2.75, 3.05) is 32.7 Å². The molecule has 1 unspecified atom stereocenters. The average Bonchev–Trinajstić information content (AvgIpc) is 2.97. The maximum Gasteiger partial charge on any atom is 0.243 e. The zero-order valence-corrected chi connectivity index (χ0v) is 25.5. The van der Waals surface area contributed by atoms with Crippen molar-refractivity contribution in [1.82, 2.24) is 19.9 Å². The van der Waals surface area contributed by atoms with Crippen LogP contribution in [0, 0.1) is 5.92 Å². The normalized spacial score (nSPS) is 16.4. The van der Waals surface area contributed by atoms with Gasteiger partial charge in [0.25, 0.3) is 0 Å². The second kappa shape index (κ2) is 15.7. The van der Waals surface area contributed by atoms with Crippen LogP contribution in [0.1, 0.15) is 50.5 Å². The van der Waals surface area contributed by atoms with E-state index in [4.69, 9.17) is 23.2 Å². The fourth-order valence-electron chi connectivity index (χ4n) is 5.25. The number of carbonyl (C=O) groups excluding carboxylic acids is 1. The number of para-hydroxylation sites is 1. The first-order valence-corrected chi connectivity index (χ1v) is 16.5. The van der Waals surface area contributed by atoms with E-state index in [-0.39, 0.29) is 10.8 Å². The van der Waals surface area contributed by atoms with Crippen LogP contribution in [0.4, 0.5) is 0 Å². The summed E-state index contributed by atoms with van der Waals surface area (Å²) in [6, 6.07) is 14.2. The zero-order valence-electron chi connectivity index (χ0n) is 23.2. The highest BCUT2D eigenvalue weighted by molar-refractivity contribution is 7.89. The van der Waals surface area contributed by atoms with E-state index in [1.54, 1.807) is 42.6 Å². The van der Waals surface area contributed by atoms with Crippen molar-refractivity contribution in [2.45, 2.75) is 49.8 Å². The molecule has 4 rings (SSSR count). The predicted octanol–water partition coefficient (Wildman–Crippen LogP) is 6.31. The highest BCUT2D eigenvalue weighted by Crippen LogP contribution is 2.24. The lowest BCUT2D eigenvalue weighted by molar-refractivity contribution is -0.116. The zero-order chi connectivity index (χ0) is 29.1. The van der Waals surface area contributed by atoms with E-state index in [1.165, 1.54) is 18.9 Å². The fourth-order valence-corrected chi connectivity index (χ4v) is 6.81. The highest BCUT2D eigenvalue weighted by Gasteiger charge is 2.21. The van der Waals surface area contributed by atoms with Crippen molar-refractivity contribution in [2.24, 2.45) is 5.92 Å². The fraction of sp³-hybridized carbons (Fsp3) is 0.419. The number of fused-ring (bicyclic) bond motifs is 1. The van der Waals surface area contributed by atoms with Crippen LogP contribution < -0.4 is 10.0 Å². The molecule has 0 radical (unpaired) electrons. The molecule has 1 aliphatic heterocycles. The number of carbonyl (C=O) groups is 1. The molecule has 10 heteroatoms. The molecule has 1 aromatic heterocycles. The number of hydrogen-bond acceptors (Lipinski definition) is 5. The van der Waals surface area contributed by atoms with Gasteiger partial charge >= 0.3 is 0 Å². The van der Waals surface area contributed by atoms with Crippen LogP contribution in [-0.4, -0.2) is 56.9 Å². The maximum atomic E-state index is 12.9. The highest BCUT2D eigenvalue weighted by atomic mass is 35.5. The molecule has 0 spiro atoms. The van der Waals surface area contributed by atoms with Crippen LogP contribution in [0.15, 0.2) is 65.7 Å². The van der Waals surface area contributed by atoms with Crippen molar-refractivity contribution in [3.8, 4) is 0 Å². The van der Waals surface area contributed by atoms with Crippen molar-refractivity contribution < 1.29 is 13.2 Å². The van der Waals surface area contributed by atoms with Gasteiger partial charge in [0.05, 0.1) is 15.6 Å². The van der Waals surface area contributed by atoms with Gasteiger partial charge in [0, 0.05) is 37.3 Å². The van der Waals surface area contributed by atoms with Crippen molar-refractivity contribution >= 4 is 56.1 Å². The first-order valence-electron chi connectivity index (χ1n) is 14.3. The Kier molecular flexibility index (Phi) is 12.0. The van der Waals surface area contributed by atoms with Gasteiger partial charge in [-0.1, -0.05) is 53.9 Å².